The van der Waals surface area contributed by atoms with Gasteiger partial charge in [-0.3, -0.25) is 5.26 Å². The zero-order valence-corrected chi connectivity index (χ0v) is 11.6. The molecule has 0 aliphatic rings. The van der Waals surface area contributed by atoms with Gasteiger partial charge in [0.2, 0.25) is 0 Å². The lowest BCUT2D eigenvalue weighted by molar-refractivity contribution is -0.314. The Morgan fingerprint density at radius 3 is 2.12 bits per heavy atom. The SMILES string of the molecule is Cc1cc(C)c(CCCC(C)(C)OO)c(C)c1. The second-order valence-corrected chi connectivity index (χ2v) is 5.58. The summed E-state index contributed by atoms with van der Waals surface area (Å²) in [6.45, 7) is 10.3. The van der Waals surface area contributed by atoms with Gasteiger partial charge in [-0.1, -0.05) is 17.7 Å². The Labute approximate surface area is 105 Å². The number of benzene rings is 1. The number of aryl methyl sites for hydroxylation is 3. The highest BCUT2D eigenvalue weighted by Gasteiger charge is 2.18. The lowest BCUT2D eigenvalue weighted by Crippen LogP contribution is -2.22. The smallest absolute Gasteiger partial charge is 0.0977 e. The molecule has 1 aromatic carbocycles. The van der Waals surface area contributed by atoms with Crippen molar-refractivity contribution < 1.29 is 10.1 Å². The van der Waals surface area contributed by atoms with E-state index in [1.165, 1.54) is 22.3 Å². The Balaban J connectivity index is 2.64. The van der Waals surface area contributed by atoms with Crippen LogP contribution in [0.3, 0.4) is 0 Å². The Morgan fingerprint density at radius 2 is 1.65 bits per heavy atom. The summed E-state index contributed by atoms with van der Waals surface area (Å²) in [6.07, 6.45) is 2.93. The van der Waals surface area contributed by atoms with Crippen molar-refractivity contribution in [2.45, 2.75) is 59.5 Å². The molecule has 0 aliphatic carbocycles. The molecular weight excluding hydrogens is 212 g/mol. The highest BCUT2D eigenvalue weighted by molar-refractivity contribution is 5.37. The minimum atomic E-state index is -0.438. The largest absolute Gasteiger partial charge is 0.251 e. The van der Waals surface area contributed by atoms with Crippen molar-refractivity contribution in [1.82, 2.24) is 0 Å². The van der Waals surface area contributed by atoms with Gasteiger partial charge in [0, 0.05) is 0 Å². The van der Waals surface area contributed by atoms with Crippen molar-refractivity contribution in [1.29, 1.82) is 0 Å². The standard InChI is InChI=1S/C15H24O2/c1-11-9-12(2)14(13(3)10-11)7-6-8-15(4,5)17-16/h9-10,16H,6-8H2,1-5H3. The molecule has 0 radical (unpaired) electrons. The van der Waals surface area contributed by atoms with Gasteiger partial charge in [-0.05, 0) is 70.6 Å². The quantitative estimate of drug-likeness (QED) is 0.613. The lowest BCUT2D eigenvalue weighted by atomic mass is 9.93. The first-order valence-electron chi connectivity index (χ1n) is 6.25. The molecule has 0 heterocycles. The van der Waals surface area contributed by atoms with E-state index in [0.29, 0.717) is 0 Å². The van der Waals surface area contributed by atoms with Crippen LogP contribution < -0.4 is 0 Å². The lowest BCUT2D eigenvalue weighted by Gasteiger charge is -2.20. The Hall–Kier alpha value is -0.860. The van der Waals surface area contributed by atoms with E-state index < -0.39 is 5.60 Å². The van der Waals surface area contributed by atoms with Crippen LogP contribution in [0.2, 0.25) is 0 Å². The van der Waals surface area contributed by atoms with E-state index in [0.717, 1.165) is 19.3 Å². The van der Waals surface area contributed by atoms with Crippen LogP contribution in [-0.4, -0.2) is 10.9 Å². The van der Waals surface area contributed by atoms with Crippen LogP contribution >= 0.6 is 0 Å². The average Bonchev–Trinajstić information content (AvgIpc) is 2.22. The van der Waals surface area contributed by atoms with Crippen molar-refractivity contribution >= 4 is 0 Å². The molecule has 17 heavy (non-hydrogen) atoms. The topological polar surface area (TPSA) is 29.5 Å². The van der Waals surface area contributed by atoms with Crippen LogP contribution in [-0.2, 0) is 11.3 Å². The minimum Gasteiger partial charge on any atom is -0.251 e. The number of hydrogen-bond acceptors (Lipinski definition) is 2. The third-order valence-electron chi connectivity index (χ3n) is 3.29. The first-order chi connectivity index (χ1) is 7.85. The molecule has 0 fully saturated rings. The molecule has 1 rings (SSSR count). The summed E-state index contributed by atoms with van der Waals surface area (Å²) in [5.74, 6) is 0. The molecule has 0 saturated carbocycles. The molecule has 0 unspecified atom stereocenters. The molecule has 2 heteroatoms. The predicted molar refractivity (Wildman–Crippen MR) is 71.4 cm³/mol. The second kappa shape index (κ2) is 5.65. The fourth-order valence-electron chi connectivity index (χ4n) is 2.34. The van der Waals surface area contributed by atoms with Gasteiger partial charge in [0.1, 0.15) is 0 Å². The average molecular weight is 236 g/mol. The molecule has 0 aliphatic heterocycles. The van der Waals surface area contributed by atoms with Gasteiger partial charge < -0.3 is 0 Å². The van der Waals surface area contributed by atoms with Gasteiger partial charge in [-0.25, -0.2) is 4.89 Å². The van der Waals surface area contributed by atoms with E-state index in [1.807, 2.05) is 13.8 Å². The van der Waals surface area contributed by atoms with Crippen LogP contribution in [0.25, 0.3) is 0 Å². The Kier molecular flexibility index (Phi) is 4.72. The number of hydrogen-bond donors (Lipinski definition) is 1. The summed E-state index contributed by atoms with van der Waals surface area (Å²) < 4.78 is 0. The van der Waals surface area contributed by atoms with E-state index in [2.05, 4.69) is 37.8 Å². The number of rotatable bonds is 5. The molecule has 0 amide bonds. The van der Waals surface area contributed by atoms with E-state index >= 15 is 0 Å². The van der Waals surface area contributed by atoms with Crippen molar-refractivity contribution in [3.8, 4) is 0 Å². The van der Waals surface area contributed by atoms with Gasteiger partial charge in [0.15, 0.2) is 0 Å². The molecule has 0 bridgehead atoms. The zero-order chi connectivity index (χ0) is 13.1. The maximum absolute atomic E-state index is 8.74. The molecule has 0 spiro atoms. The fourth-order valence-corrected chi connectivity index (χ4v) is 2.34. The molecule has 96 valence electrons. The minimum absolute atomic E-state index is 0.438. The highest BCUT2D eigenvalue weighted by Crippen LogP contribution is 2.22. The summed E-state index contributed by atoms with van der Waals surface area (Å²) in [6, 6.07) is 4.46. The van der Waals surface area contributed by atoms with E-state index in [-0.39, 0.29) is 0 Å². The molecule has 1 aromatic rings. The maximum atomic E-state index is 8.74. The predicted octanol–water partition coefficient (Wildman–Crippen LogP) is 4.20. The van der Waals surface area contributed by atoms with Gasteiger partial charge in [-0.2, -0.15) is 0 Å². The molecule has 0 saturated heterocycles. The van der Waals surface area contributed by atoms with Crippen molar-refractivity contribution in [3.05, 3.63) is 34.4 Å². The molecular formula is C15H24O2. The van der Waals surface area contributed by atoms with Gasteiger partial charge >= 0.3 is 0 Å². The summed E-state index contributed by atoms with van der Waals surface area (Å²) in [5, 5.41) is 8.74. The molecule has 2 nitrogen and oxygen atoms in total. The fraction of sp³-hybridized carbons (Fsp3) is 0.600. The van der Waals surface area contributed by atoms with Crippen LogP contribution in [0.4, 0.5) is 0 Å². The molecule has 0 aromatic heterocycles. The summed E-state index contributed by atoms with van der Waals surface area (Å²) in [4.78, 5) is 4.46. The third-order valence-corrected chi connectivity index (χ3v) is 3.29. The summed E-state index contributed by atoms with van der Waals surface area (Å²) in [7, 11) is 0. The van der Waals surface area contributed by atoms with Crippen LogP contribution in [0.1, 0.15) is 48.9 Å². The van der Waals surface area contributed by atoms with Gasteiger partial charge in [-0.15, -0.1) is 0 Å². The van der Waals surface area contributed by atoms with Crippen molar-refractivity contribution in [2.24, 2.45) is 0 Å². The molecule has 1 N–H and O–H groups in total. The molecule has 0 atom stereocenters. The van der Waals surface area contributed by atoms with E-state index in [4.69, 9.17) is 5.26 Å². The van der Waals surface area contributed by atoms with Crippen molar-refractivity contribution in [3.63, 3.8) is 0 Å². The zero-order valence-electron chi connectivity index (χ0n) is 11.6. The first kappa shape index (κ1) is 14.2. The van der Waals surface area contributed by atoms with Crippen molar-refractivity contribution in [2.75, 3.05) is 0 Å². The van der Waals surface area contributed by atoms with E-state index in [1.54, 1.807) is 0 Å². The monoisotopic (exact) mass is 236 g/mol. The maximum Gasteiger partial charge on any atom is 0.0977 e. The summed E-state index contributed by atoms with van der Waals surface area (Å²) in [5.41, 5.74) is 5.05. The van der Waals surface area contributed by atoms with E-state index in [9.17, 15) is 0 Å². The van der Waals surface area contributed by atoms with Gasteiger partial charge in [0.05, 0.1) is 5.60 Å². The van der Waals surface area contributed by atoms with Crippen LogP contribution in [0, 0.1) is 20.8 Å². The van der Waals surface area contributed by atoms with Crippen LogP contribution in [0.15, 0.2) is 12.1 Å². The first-order valence-corrected chi connectivity index (χ1v) is 6.25. The Bertz CT molecular complexity index is 358. The normalized spacial score (nSPS) is 11.9. The van der Waals surface area contributed by atoms with Crippen LogP contribution in [0.5, 0.6) is 0 Å². The highest BCUT2D eigenvalue weighted by atomic mass is 17.1. The summed E-state index contributed by atoms with van der Waals surface area (Å²) >= 11 is 0. The second-order valence-electron chi connectivity index (χ2n) is 5.58. The van der Waals surface area contributed by atoms with Gasteiger partial charge in [0.25, 0.3) is 0 Å². The third kappa shape index (κ3) is 4.14. The Morgan fingerprint density at radius 1 is 1.12 bits per heavy atom.